The van der Waals surface area contributed by atoms with E-state index >= 15 is 0 Å². The summed E-state index contributed by atoms with van der Waals surface area (Å²) in [6.07, 6.45) is 1.60. The van der Waals surface area contributed by atoms with Gasteiger partial charge in [-0.05, 0) is 59.0 Å². The van der Waals surface area contributed by atoms with Gasteiger partial charge in [-0.15, -0.1) is 0 Å². The minimum absolute atomic E-state index is 0.0106. The molecular formula is C27H22ClNO4. The summed E-state index contributed by atoms with van der Waals surface area (Å²) in [6.45, 7) is 6.35. The zero-order valence-corrected chi connectivity index (χ0v) is 19.2. The van der Waals surface area contributed by atoms with Crippen molar-refractivity contribution < 1.29 is 19.1 Å². The van der Waals surface area contributed by atoms with Crippen LogP contribution in [0.15, 0.2) is 83.5 Å². The van der Waals surface area contributed by atoms with Crippen molar-refractivity contribution >= 4 is 35.5 Å². The van der Waals surface area contributed by atoms with Crippen LogP contribution >= 0.6 is 11.6 Å². The largest absolute Gasteiger partial charge is 0.423 e. The highest BCUT2D eigenvalue weighted by molar-refractivity contribution is 6.34. The SMILES string of the molecule is CC(C)(C)c1ccc(C(=O)Oc2ccc(/C=C3\N=C(c4ccccc4Cl)OC3=O)cc2)cc1. The van der Waals surface area contributed by atoms with E-state index in [-0.39, 0.29) is 17.0 Å². The first-order valence-corrected chi connectivity index (χ1v) is 10.8. The topological polar surface area (TPSA) is 65.0 Å². The number of nitrogens with zero attached hydrogens (tertiary/aromatic N) is 1. The molecule has 0 fully saturated rings. The van der Waals surface area contributed by atoms with E-state index < -0.39 is 11.9 Å². The second kappa shape index (κ2) is 9.04. The van der Waals surface area contributed by atoms with Crippen LogP contribution < -0.4 is 4.74 Å². The van der Waals surface area contributed by atoms with Crippen LogP contribution in [0.4, 0.5) is 0 Å². The van der Waals surface area contributed by atoms with Crippen LogP contribution in [0.5, 0.6) is 5.75 Å². The zero-order chi connectivity index (χ0) is 23.6. The average Bonchev–Trinajstić information content (AvgIpc) is 3.14. The van der Waals surface area contributed by atoms with Crippen LogP contribution in [0.2, 0.25) is 5.02 Å². The lowest BCUT2D eigenvalue weighted by Gasteiger charge is -2.18. The third kappa shape index (κ3) is 5.21. The Labute approximate surface area is 197 Å². The molecule has 6 heteroatoms. The molecule has 0 aromatic heterocycles. The Kier molecular flexibility index (Phi) is 6.16. The van der Waals surface area contributed by atoms with Crippen molar-refractivity contribution in [3.63, 3.8) is 0 Å². The van der Waals surface area contributed by atoms with E-state index in [0.717, 1.165) is 5.56 Å². The molecule has 166 valence electrons. The van der Waals surface area contributed by atoms with E-state index in [9.17, 15) is 9.59 Å². The van der Waals surface area contributed by atoms with Crippen molar-refractivity contribution in [3.05, 3.63) is 106 Å². The van der Waals surface area contributed by atoms with Crippen molar-refractivity contribution in [2.24, 2.45) is 4.99 Å². The molecule has 0 saturated carbocycles. The highest BCUT2D eigenvalue weighted by Gasteiger charge is 2.25. The second-order valence-electron chi connectivity index (χ2n) is 8.60. The van der Waals surface area contributed by atoms with Crippen LogP contribution in [0.25, 0.3) is 6.08 Å². The first kappa shape index (κ1) is 22.5. The monoisotopic (exact) mass is 459 g/mol. The van der Waals surface area contributed by atoms with Gasteiger partial charge in [0.15, 0.2) is 5.70 Å². The quantitative estimate of drug-likeness (QED) is 0.264. The number of carbonyl (C=O) groups is 2. The number of cyclic esters (lactones) is 1. The van der Waals surface area contributed by atoms with Gasteiger partial charge in [-0.25, -0.2) is 14.6 Å². The predicted molar refractivity (Wildman–Crippen MR) is 129 cm³/mol. The number of benzene rings is 3. The van der Waals surface area contributed by atoms with Crippen LogP contribution in [-0.4, -0.2) is 17.8 Å². The molecule has 1 aliphatic rings. The molecule has 5 nitrogen and oxygen atoms in total. The molecule has 3 aromatic carbocycles. The summed E-state index contributed by atoms with van der Waals surface area (Å²) in [6, 6.07) is 21.2. The minimum Gasteiger partial charge on any atom is -0.423 e. The number of hydrogen-bond donors (Lipinski definition) is 0. The molecule has 4 rings (SSSR count). The molecule has 3 aromatic rings. The molecule has 0 atom stereocenters. The van der Waals surface area contributed by atoms with Crippen molar-refractivity contribution in [3.8, 4) is 5.75 Å². The average molecular weight is 460 g/mol. The maximum absolute atomic E-state index is 12.5. The summed E-state index contributed by atoms with van der Waals surface area (Å²) in [7, 11) is 0. The van der Waals surface area contributed by atoms with Crippen molar-refractivity contribution in [1.29, 1.82) is 0 Å². The first-order valence-electron chi connectivity index (χ1n) is 10.4. The van der Waals surface area contributed by atoms with Gasteiger partial charge in [0.2, 0.25) is 5.90 Å². The lowest BCUT2D eigenvalue weighted by atomic mass is 9.87. The molecule has 0 N–H and O–H groups in total. The highest BCUT2D eigenvalue weighted by atomic mass is 35.5. The highest BCUT2D eigenvalue weighted by Crippen LogP contribution is 2.25. The molecule has 0 aliphatic carbocycles. The fourth-order valence-electron chi connectivity index (χ4n) is 3.22. The molecule has 0 saturated heterocycles. The van der Waals surface area contributed by atoms with E-state index in [0.29, 0.717) is 27.5 Å². The number of esters is 2. The van der Waals surface area contributed by atoms with Gasteiger partial charge in [-0.1, -0.05) is 68.8 Å². The molecule has 0 spiro atoms. The summed E-state index contributed by atoms with van der Waals surface area (Å²) in [5.74, 6) is -0.426. The Morgan fingerprint density at radius 2 is 1.64 bits per heavy atom. The third-order valence-corrected chi connectivity index (χ3v) is 5.44. The lowest BCUT2D eigenvalue weighted by Crippen LogP contribution is -2.12. The molecule has 0 radical (unpaired) electrons. The minimum atomic E-state index is -0.556. The summed E-state index contributed by atoms with van der Waals surface area (Å²) >= 11 is 6.16. The van der Waals surface area contributed by atoms with Gasteiger partial charge in [-0.2, -0.15) is 0 Å². The van der Waals surface area contributed by atoms with Crippen LogP contribution in [-0.2, 0) is 14.9 Å². The maximum Gasteiger partial charge on any atom is 0.363 e. The third-order valence-electron chi connectivity index (χ3n) is 5.11. The number of ether oxygens (including phenoxy) is 2. The second-order valence-corrected chi connectivity index (χ2v) is 9.01. The van der Waals surface area contributed by atoms with E-state index in [1.807, 2.05) is 12.1 Å². The molecule has 1 heterocycles. The van der Waals surface area contributed by atoms with Gasteiger partial charge >= 0.3 is 11.9 Å². The summed E-state index contributed by atoms with van der Waals surface area (Å²) in [5.41, 5.74) is 3.05. The number of hydrogen-bond acceptors (Lipinski definition) is 5. The van der Waals surface area contributed by atoms with Crippen molar-refractivity contribution in [2.45, 2.75) is 26.2 Å². The normalized spacial score (nSPS) is 14.7. The zero-order valence-electron chi connectivity index (χ0n) is 18.5. The van der Waals surface area contributed by atoms with Gasteiger partial charge in [0.05, 0.1) is 16.1 Å². The Hall–Kier alpha value is -3.70. The molecular weight excluding hydrogens is 438 g/mol. The summed E-state index contributed by atoms with van der Waals surface area (Å²) in [5, 5.41) is 0.449. The van der Waals surface area contributed by atoms with Crippen molar-refractivity contribution in [1.82, 2.24) is 0 Å². The Morgan fingerprint density at radius 1 is 0.970 bits per heavy atom. The van der Waals surface area contributed by atoms with Gasteiger partial charge in [0.1, 0.15) is 5.75 Å². The maximum atomic E-state index is 12.5. The summed E-state index contributed by atoms with van der Waals surface area (Å²) < 4.78 is 10.7. The van der Waals surface area contributed by atoms with Crippen molar-refractivity contribution in [2.75, 3.05) is 0 Å². The summed E-state index contributed by atoms with van der Waals surface area (Å²) in [4.78, 5) is 28.9. The molecule has 0 amide bonds. The number of carbonyl (C=O) groups excluding carboxylic acids is 2. The first-order chi connectivity index (χ1) is 15.7. The van der Waals surface area contributed by atoms with Gasteiger partial charge in [0, 0.05) is 0 Å². The molecule has 33 heavy (non-hydrogen) atoms. The van der Waals surface area contributed by atoms with E-state index in [4.69, 9.17) is 21.1 Å². The van der Waals surface area contributed by atoms with E-state index in [1.54, 1.807) is 66.7 Å². The fraction of sp³-hybridized carbons (Fsp3) is 0.148. The number of halogens is 1. The molecule has 1 aliphatic heterocycles. The molecule has 0 unspecified atom stereocenters. The fourth-order valence-corrected chi connectivity index (χ4v) is 3.44. The van der Waals surface area contributed by atoms with Gasteiger partial charge in [-0.3, -0.25) is 0 Å². The van der Waals surface area contributed by atoms with Gasteiger partial charge < -0.3 is 9.47 Å². The molecule has 0 bridgehead atoms. The Bertz CT molecular complexity index is 1270. The predicted octanol–water partition coefficient (Wildman–Crippen LogP) is 6.20. The van der Waals surface area contributed by atoms with E-state index in [2.05, 4.69) is 25.8 Å². The van der Waals surface area contributed by atoms with Crippen LogP contribution in [0.3, 0.4) is 0 Å². The van der Waals surface area contributed by atoms with Gasteiger partial charge in [0.25, 0.3) is 0 Å². The van der Waals surface area contributed by atoms with E-state index in [1.165, 1.54) is 0 Å². The smallest absolute Gasteiger partial charge is 0.363 e. The number of aliphatic imine (C=N–C) groups is 1. The Balaban J connectivity index is 1.46. The Morgan fingerprint density at radius 3 is 2.27 bits per heavy atom. The van der Waals surface area contributed by atoms with Crippen LogP contribution in [0, 0.1) is 0 Å². The van der Waals surface area contributed by atoms with Crippen LogP contribution in [0.1, 0.15) is 47.8 Å². The standard InChI is InChI=1S/C27H22ClNO4/c1-27(2,3)19-12-10-18(11-13-19)25(30)32-20-14-8-17(9-15-20)16-23-26(31)33-24(29-23)21-6-4-5-7-22(21)28/h4-16H,1-3H3/b23-16-. The number of rotatable bonds is 4. The lowest BCUT2D eigenvalue weighted by molar-refractivity contribution is -0.129.